The number of rotatable bonds is 47. The number of carbonyl (C=O) groups is 2. The molecule has 0 spiro atoms. The molecular formula is C51H99O4. The van der Waals surface area contributed by atoms with Crippen LogP contribution in [0.5, 0.6) is 0 Å². The van der Waals surface area contributed by atoms with Crippen LogP contribution in [0.4, 0.5) is 0 Å². The Morgan fingerprint density at radius 1 is 0.345 bits per heavy atom. The van der Waals surface area contributed by atoms with Gasteiger partial charge in [-0.2, -0.15) is 0 Å². The summed E-state index contributed by atoms with van der Waals surface area (Å²) in [5.74, 6) is -0.289. The third-order valence-electron chi connectivity index (χ3n) is 11.6. The van der Waals surface area contributed by atoms with Crippen LogP contribution in [0.3, 0.4) is 0 Å². The highest BCUT2D eigenvalue weighted by atomic mass is 16.6. The van der Waals surface area contributed by atoms with Gasteiger partial charge in [-0.25, -0.2) is 0 Å². The van der Waals surface area contributed by atoms with Crippen molar-refractivity contribution in [2.45, 2.75) is 303 Å². The highest BCUT2D eigenvalue weighted by Gasteiger charge is 2.17. The molecule has 0 aromatic heterocycles. The molecule has 0 aromatic rings. The summed E-state index contributed by atoms with van der Waals surface area (Å²) in [5.41, 5.74) is 0. The van der Waals surface area contributed by atoms with Gasteiger partial charge in [-0.15, -0.1) is 0 Å². The first-order valence-corrected chi connectivity index (χ1v) is 25.3. The summed E-state index contributed by atoms with van der Waals surface area (Å²) in [7, 11) is 0. The quantitative estimate of drug-likeness (QED) is 0.0456. The molecule has 0 unspecified atom stereocenters. The Morgan fingerprint density at radius 3 is 0.909 bits per heavy atom. The molecule has 0 saturated carbocycles. The lowest BCUT2D eigenvalue weighted by Crippen LogP contribution is -2.26. The second kappa shape index (κ2) is 47.3. The van der Waals surface area contributed by atoms with Crippen molar-refractivity contribution in [2.75, 3.05) is 6.61 Å². The largest absolute Gasteiger partial charge is 0.462 e. The maximum absolute atomic E-state index is 12.8. The minimum atomic E-state index is -0.424. The number of unbranched alkanes of at least 4 members (excludes halogenated alkanes) is 38. The van der Waals surface area contributed by atoms with Gasteiger partial charge in [0.2, 0.25) is 0 Å². The maximum Gasteiger partial charge on any atom is 0.306 e. The molecule has 0 aromatic carbocycles. The summed E-state index contributed by atoms with van der Waals surface area (Å²) in [5, 5.41) is 0. The molecule has 0 amide bonds. The summed E-state index contributed by atoms with van der Waals surface area (Å²) in [4.78, 5) is 25.4. The van der Waals surface area contributed by atoms with E-state index in [1.165, 1.54) is 225 Å². The van der Waals surface area contributed by atoms with E-state index >= 15 is 0 Å². The smallest absolute Gasteiger partial charge is 0.306 e. The first-order valence-electron chi connectivity index (χ1n) is 25.3. The maximum atomic E-state index is 12.8. The van der Waals surface area contributed by atoms with Gasteiger partial charge in [0, 0.05) is 19.3 Å². The van der Waals surface area contributed by atoms with Crippen molar-refractivity contribution in [2.24, 2.45) is 0 Å². The Bertz CT molecular complexity index is 751. The molecule has 55 heavy (non-hydrogen) atoms. The van der Waals surface area contributed by atoms with E-state index in [0.717, 1.165) is 38.5 Å². The lowest BCUT2D eigenvalue weighted by atomic mass is 10.0. The van der Waals surface area contributed by atoms with Crippen LogP contribution in [-0.4, -0.2) is 24.6 Å². The van der Waals surface area contributed by atoms with E-state index in [-0.39, 0.29) is 18.5 Å². The highest BCUT2D eigenvalue weighted by molar-refractivity contribution is 5.70. The van der Waals surface area contributed by atoms with E-state index in [4.69, 9.17) is 9.47 Å². The van der Waals surface area contributed by atoms with Gasteiger partial charge in [0.05, 0.1) is 0 Å². The van der Waals surface area contributed by atoms with Crippen LogP contribution in [-0.2, 0) is 19.1 Å². The van der Waals surface area contributed by atoms with Crippen molar-refractivity contribution in [3.05, 3.63) is 6.42 Å². The van der Waals surface area contributed by atoms with Crippen molar-refractivity contribution < 1.29 is 19.1 Å². The van der Waals surface area contributed by atoms with Crippen LogP contribution in [0.15, 0.2) is 0 Å². The van der Waals surface area contributed by atoms with E-state index < -0.39 is 6.10 Å². The lowest BCUT2D eigenvalue weighted by Gasteiger charge is -2.18. The van der Waals surface area contributed by atoms with Crippen LogP contribution >= 0.6 is 0 Å². The van der Waals surface area contributed by atoms with Crippen LogP contribution in [0, 0.1) is 6.42 Å². The Balaban J connectivity index is 4.19. The number of ether oxygens (including phenoxy) is 2. The number of hydrogen-bond acceptors (Lipinski definition) is 4. The van der Waals surface area contributed by atoms with E-state index in [0.29, 0.717) is 12.8 Å². The van der Waals surface area contributed by atoms with Crippen LogP contribution in [0.1, 0.15) is 297 Å². The summed E-state index contributed by atoms with van der Waals surface area (Å²) < 4.78 is 11.5. The molecule has 0 fully saturated rings. The molecule has 0 aliphatic rings. The van der Waals surface area contributed by atoms with Crippen LogP contribution < -0.4 is 0 Å². The molecule has 0 aliphatic carbocycles. The zero-order chi connectivity index (χ0) is 40.0. The fourth-order valence-corrected chi connectivity index (χ4v) is 7.84. The van der Waals surface area contributed by atoms with Crippen molar-refractivity contribution in [3.8, 4) is 0 Å². The Kier molecular flexibility index (Phi) is 46.4. The summed E-state index contributed by atoms with van der Waals surface area (Å²) in [6.45, 7) is 7.01. The molecule has 0 rings (SSSR count). The van der Waals surface area contributed by atoms with Crippen molar-refractivity contribution >= 4 is 11.9 Å². The topological polar surface area (TPSA) is 52.6 Å². The molecule has 0 N–H and O–H groups in total. The molecule has 0 bridgehead atoms. The summed E-state index contributed by atoms with van der Waals surface area (Å²) in [6.07, 6.45) is 56.0. The van der Waals surface area contributed by atoms with Crippen molar-refractivity contribution in [1.82, 2.24) is 0 Å². The Labute approximate surface area is 346 Å². The zero-order valence-electron chi connectivity index (χ0n) is 37.9. The summed E-state index contributed by atoms with van der Waals surface area (Å²) in [6, 6.07) is 0. The average Bonchev–Trinajstić information content (AvgIpc) is 3.18. The van der Waals surface area contributed by atoms with Gasteiger partial charge < -0.3 is 9.47 Å². The van der Waals surface area contributed by atoms with Crippen molar-refractivity contribution in [1.29, 1.82) is 0 Å². The average molecular weight is 776 g/mol. The van der Waals surface area contributed by atoms with Gasteiger partial charge in [-0.3, -0.25) is 9.59 Å². The number of hydrogen-bond donors (Lipinski definition) is 0. The van der Waals surface area contributed by atoms with Gasteiger partial charge in [0.15, 0.2) is 0 Å². The first-order chi connectivity index (χ1) is 27.1. The van der Waals surface area contributed by atoms with Gasteiger partial charge in [-0.05, 0) is 19.3 Å². The second-order valence-corrected chi connectivity index (χ2v) is 17.3. The molecule has 0 aliphatic heterocycles. The van der Waals surface area contributed by atoms with Gasteiger partial charge in [0.1, 0.15) is 12.7 Å². The monoisotopic (exact) mass is 776 g/mol. The van der Waals surface area contributed by atoms with E-state index in [1.807, 2.05) is 0 Å². The Morgan fingerprint density at radius 2 is 0.600 bits per heavy atom. The fraction of sp³-hybridized carbons (Fsp3) is 0.941. The Hall–Kier alpha value is -1.06. The predicted octanol–water partition coefficient (Wildman–Crippen LogP) is 17.5. The van der Waals surface area contributed by atoms with Crippen molar-refractivity contribution in [3.63, 3.8) is 0 Å². The number of esters is 2. The predicted molar refractivity (Wildman–Crippen MR) is 241 cm³/mol. The van der Waals surface area contributed by atoms with E-state index in [1.54, 1.807) is 0 Å². The third kappa shape index (κ3) is 45.5. The molecule has 4 heteroatoms. The van der Waals surface area contributed by atoms with Crippen LogP contribution in [0.2, 0.25) is 0 Å². The number of carbonyl (C=O) groups excluding carboxylic acids is 2. The van der Waals surface area contributed by atoms with E-state index in [9.17, 15) is 9.59 Å². The molecule has 1 radical (unpaired) electrons. The highest BCUT2D eigenvalue weighted by Crippen LogP contribution is 2.18. The zero-order valence-corrected chi connectivity index (χ0v) is 37.9. The van der Waals surface area contributed by atoms with Gasteiger partial charge in [-0.1, -0.05) is 265 Å². The first kappa shape index (κ1) is 53.9. The lowest BCUT2D eigenvalue weighted by molar-refractivity contribution is -0.157. The van der Waals surface area contributed by atoms with Gasteiger partial charge >= 0.3 is 11.9 Å². The minimum absolute atomic E-state index is 0.141. The molecule has 1 atom stereocenters. The fourth-order valence-electron chi connectivity index (χ4n) is 7.84. The molecular weight excluding hydrogens is 677 g/mol. The SMILES string of the molecule is CCCCCCCCCCCCCCCC[CH][C@@H](COC(=O)CCCCCCCCCCCCCCC)OC(=O)CCCCCCCCCCCCCCC. The van der Waals surface area contributed by atoms with E-state index in [2.05, 4.69) is 27.2 Å². The molecule has 327 valence electrons. The second-order valence-electron chi connectivity index (χ2n) is 17.3. The molecule has 4 nitrogen and oxygen atoms in total. The standard InChI is InChI=1S/C51H99O4/c1-4-7-10-13-16-19-22-25-26-29-30-33-36-39-42-45-49(55-51(53)47-44-41-38-35-32-28-24-21-18-15-12-9-6-3)48-54-50(52)46-43-40-37-34-31-27-23-20-17-14-11-8-5-2/h45,49H,4-44,46-48H2,1-3H3/t49-/m0/s1. The summed E-state index contributed by atoms with van der Waals surface area (Å²) >= 11 is 0. The minimum Gasteiger partial charge on any atom is -0.462 e. The van der Waals surface area contributed by atoms with Crippen LogP contribution in [0.25, 0.3) is 0 Å². The third-order valence-corrected chi connectivity index (χ3v) is 11.6. The van der Waals surface area contributed by atoms with Gasteiger partial charge in [0.25, 0.3) is 0 Å². The molecule has 0 saturated heterocycles. The normalized spacial score (nSPS) is 12.0. The molecule has 0 heterocycles.